The van der Waals surface area contributed by atoms with Crippen molar-refractivity contribution in [2.24, 2.45) is 5.92 Å². The van der Waals surface area contributed by atoms with E-state index >= 15 is 0 Å². The topological polar surface area (TPSA) is 53.6 Å². The van der Waals surface area contributed by atoms with Crippen molar-refractivity contribution in [3.05, 3.63) is 59.7 Å². The van der Waals surface area contributed by atoms with Crippen LogP contribution >= 0.6 is 0 Å². The first kappa shape index (κ1) is 18.6. The molecule has 0 radical (unpaired) electrons. The van der Waals surface area contributed by atoms with Crippen molar-refractivity contribution in [3.8, 4) is 0 Å². The van der Waals surface area contributed by atoms with E-state index in [0.717, 1.165) is 36.8 Å². The van der Waals surface area contributed by atoms with E-state index in [0.29, 0.717) is 24.3 Å². The number of ether oxygens (including phenoxy) is 1. The van der Waals surface area contributed by atoms with Crippen LogP contribution in [0.25, 0.3) is 0 Å². The SMILES string of the molecule is O=C(Nc1ccc(N2CCC3CNCC32)cc1)c1ccc(COC2CCC2)cc1. The van der Waals surface area contributed by atoms with Crippen molar-refractivity contribution < 1.29 is 9.53 Å². The van der Waals surface area contributed by atoms with Crippen molar-refractivity contribution >= 4 is 17.3 Å². The summed E-state index contributed by atoms with van der Waals surface area (Å²) in [6.07, 6.45) is 5.32. The number of rotatable bonds is 6. The second-order valence-corrected chi connectivity index (χ2v) is 8.53. The monoisotopic (exact) mass is 391 g/mol. The first-order valence-electron chi connectivity index (χ1n) is 10.9. The number of amides is 1. The third kappa shape index (κ3) is 4.02. The normalized spacial score (nSPS) is 23.7. The Morgan fingerprint density at radius 2 is 1.83 bits per heavy atom. The average molecular weight is 392 g/mol. The van der Waals surface area contributed by atoms with Crippen LogP contribution < -0.4 is 15.5 Å². The molecule has 2 N–H and O–H groups in total. The Kier molecular flexibility index (Phi) is 5.25. The number of hydrogen-bond donors (Lipinski definition) is 2. The second kappa shape index (κ2) is 8.17. The van der Waals surface area contributed by atoms with E-state index in [-0.39, 0.29) is 5.91 Å². The Balaban J connectivity index is 1.17. The minimum absolute atomic E-state index is 0.0783. The molecule has 1 saturated carbocycles. The fraction of sp³-hybridized carbons (Fsp3) is 0.458. The number of nitrogens with zero attached hydrogens (tertiary/aromatic N) is 1. The highest BCUT2D eigenvalue weighted by Crippen LogP contribution is 2.32. The molecule has 3 aliphatic rings. The van der Waals surface area contributed by atoms with Crippen LogP contribution in [0.15, 0.2) is 48.5 Å². The smallest absolute Gasteiger partial charge is 0.255 e. The fourth-order valence-corrected chi connectivity index (χ4v) is 4.61. The van der Waals surface area contributed by atoms with Gasteiger partial charge in [0.25, 0.3) is 5.91 Å². The number of nitrogens with one attached hydrogen (secondary N) is 2. The third-order valence-corrected chi connectivity index (χ3v) is 6.66. The number of carbonyl (C=O) groups is 1. The quantitative estimate of drug-likeness (QED) is 0.786. The maximum Gasteiger partial charge on any atom is 0.255 e. The van der Waals surface area contributed by atoms with Gasteiger partial charge in [-0.05, 0) is 73.6 Å². The summed E-state index contributed by atoms with van der Waals surface area (Å²) in [6.45, 7) is 3.97. The molecule has 5 rings (SSSR count). The Hall–Kier alpha value is -2.37. The highest BCUT2D eigenvalue weighted by atomic mass is 16.5. The summed E-state index contributed by atoms with van der Waals surface area (Å²) >= 11 is 0. The molecule has 2 aliphatic heterocycles. The maximum absolute atomic E-state index is 12.6. The van der Waals surface area contributed by atoms with Gasteiger partial charge in [-0.3, -0.25) is 4.79 Å². The van der Waals surface area contributed by atoms with Crippen molar-refractivity contribution in [3.63, 3.8) is 0 Å². The van der Waals surface area contributed by atoms with Crippen molar-refractivity contribution in [2.75, 3.05) is 29.9 Å². The Bertz CT molecular complexity index is 845. The van der Waals surface area contributed by atoms with Gasteiger partial charge in [0.05, 0.1) is 12.7 Å². The number of fused-ring (bicyclic) bond motifs is 1. The third-order valence-electron chi connectivity index (χ3n) is 6.66. The van der Waals surface area contributed by atoms with Crippen LogP contribution in [-0.2, 0) is 11.3 Å². The highest BCUT2D eigenvalue weighted by molar-refractivity contribution is 6.04. The number of hydrogen-bond acceptors (Lipinski definition) is 4. The van der Waals surface area contributed by atoms with Crippen LogP contribution in [0.5, 0.6) is 0 Å². The molecule has 152 valence electrons. The van der Waals surface area contributed by atoms with Gasteiger partial charge in [0, 0.05) is 42.6 Å². The standard InChI is InChI=1S/C24H29N3O2/c28-24(18-6-4-17(5-7-18)16-29-22-2-1-3-22)26-20-8-10-21(11-9-20)27-13-12-19-14-25-15-23(19)27/h4-11,19,22-23,25H,1-3,12-16H2,(H,26,28). The lowest BCUT2D eigenvalue weighted by atomic mass is 9.96. The predicted molar refractivity (Wildman–Crippen MR) is 115 cm³/mol. The van der Waals surface area contributed by atoms with Gasteiger partial charge in [0.15, 0.2) is 0 Å². The largest absolute Gasteiger partial charge is 0.374 e. The average Bonchev–Trinajstić information content (AvgIpc) is 3.32. The maximum atomic E-state index is 12.6. The van der Waals surface area contributed by atoms with Crippen molar-refractivity contribution in [2.45, 2.75) is 44.4 Å². The molecule has 2 saturated heterocycles. The zero-order valence-corrected chi connectivity index (χ0v) is 16.8. The van der Waals surface area contributed by atoms with Gasteiger partial charge in [-0.2, -0.15) is 0 Å². The van der Waals surface area contributed by atoms with E-state index in [9.17, 15) is 4.79 Å². The molecule has 2 heterocycles. The summed E-state index contributed by atoms with van der Waals surface area (Å²) < 4.78 is 5.83. The summed E-state index contributed by atoms with van der Waals surface area (Å²) in [5.74, 6) is 0.696. The van der Waals surface area contributed by atoms with Gasteiger partial charge in [-0.1, -0.05) is 12.1 Å². The molecule has 2 atom stereocenters. The van der Waals surface area contributed by atoms with Crippen molar-refractivity contribution in [1.29, 1.82) is 0 Å². The lowest BCUT2D eigenvalue weighted by Gasteiger charge is -2.25. The minimum Gasteiger partial charge on any atom is -0.374 e. The Morgan fingerprint density at radius 3 is 2.55 bits per heavy atom. The van der Waals surface area contributed by atoms with E-state index < -0.39 is 0 Å². The second-order valence-electron chi connectivity index (χ2n) is 8.53. The summed E-state index contributed by atoms with van der Waals surface area (Å²) in [4.78, 5) is 15.1. The van der Waals surface area contributed by atoms with Gasteiger partial charge in [-0.25, -0.2) is 0 Å². The van der Waals surface area contributed by atoms with Crippen LogP contribution in [0.4, 0.5) is 11.4 Å². The van der Waals surface area contributed by atoms with Crippen LogP contribution in [0.2, 0.25) is 0 Å². The number of carbonyl (C=O) groups excluding carboxylic acids is 1. The molecule has 2 aromatic rings. The molecule has 2 aromatic carbocycles. The van der Waals surface area contributed by atoms with Gasteiger partial charge in [-0.15, -0.1) is 0 Å². The van der Waals surface area contributed by atoms with E-state index in [2.05, 4.69) is 27.7 Å². The summed E-state index contributed by atoms with van der Waals surface area (Å²) in [7, 11) is 0. The van der Waals surface area contributed by atoms with E-state index in [1.54, 1.807) is 0 Å². The summed E-state index contributed by atoms with van der Waals surface area (Å²) in [6, 6.07) is 16.6. The molecule has 0 bridgehead atoms. The molecule has 2 unspecified atom stereocenters. The lowest BCUT2D eigenvalue weighted by molar-refractivity contribution is -0.00866. The predicted octanol–water partition coefficient (Wildman–Crippen LogP) is 3.81. The highest BCUT2D eigenvalue weighted by Gasteiger charge is 2.37. The Morgan fingerprint density at radius 1 is 1.03 bits per heavy atom. The molecule has 1 amide bonds. The van der Waals surface area contributed by atoms with Crippen molar-refractivity contribution in [1.82, 2.24) is 5.32 Å². The Labute approximate surface area is 172 Å². The molecule has 29 heavy (non-hydrogen) atoms. The van der Waals surface area contributed by atoms with E-state index in [1.807, 2.05) is 36.4 Å². The summed E-state index contributed by atoms with van der Waals surface area (Å²) in [5.41, 5.74) is 3.86. The van der Waals surface area contributed by atoms with Gasteiger partial charge >= 0.3 is 0 Å². The molecular formula is C24H29N3O2. The van der Waals surface area contributed by atoms with Crippen LogP contribution in [0, 0.1) is 5.92 Å². The van der Waals surface area contributed by atoms with Gasteiger partial charge < -0.3 is 20.3 Å². The first-order valence-corrected chi connectivity index (χ1v) is 10.9. The van der Waals surface area contributed by atoms with Crippen LogP contribution in [0.1, 0.15) is 41.6 Å². The molecule has 0 aromatic heterocycles. The zero-order chi connectivity index (χ0) is 19.6. The lowest BCUT2D eigenvalue weighted by Crippen LogP contribution is -2.33. The molecule has 5 heteroatoms. The van der Waals surface area contributed by atoms with E-state index in [4.69, 9.17) is 4.74 Å². The molecular weight excluding hydrogens is 362 g/mol. The van der Waals surface area contributed by atoms with Crippen LogP contribution in [0.3, 0.4) is 0 Å². The first-order chi connectivity index (χ1) is 14.3. The van der Waals surface area contributed by atoms with Gasteiger partial charge in [0.2, 0.25) is 0 Å². The van der Waals surface area contributed by atoms with Crippen LogP contribution in [-0.4, -0.2) is 37.7 Å². The van der Waals surface area contributed by atoms with E-state index in [1.165, 1.54) is 31.4 Å². The molecule has 0 spiro atoms. The molecule has 5 nitrogen and oxygen atoms in total. The number of benzene rings is 2. The number of anilines is 2. The molecule has 3 fully saturated rings. The minimum atomic E-state index is -0.0783. The fourth-order valence-electron chi connectivity index (χ4n) is 4.61. The van der Waals surface area contributed by atoms with Gasteiger partial charge in [0.1, 0.15) is 0 Å². The molecule has 1 aliphatic carbocycles. The summed E-state index contributed by atoms with van der Waals surface area (Å²) in [5, 5.41) is 6.51. The zero-order valence-electron chi connectivity index (χ0n) is 16.8.